The quantitative estimate of drug-likeness (QED) is 0.731. The second-order valence-corrected chi connectivity index (χ2v) is 5.77. The summed E-state index contributed by atoms with van der Waals surface area (Å²) in [5.41, 5.74) is 2.77. The molecular formula is C20H17NO4. The van der Waals surface area contributed by atoms with Gasteiger partial charge in [-0.05, 0) is 30.2 Å². The highest BCUT2D eigenvalue weighted by Gasteiger charge is 2.17. The van der Waals surface area contributed by atoms with Crippen LogP contribution >= 0.6 is 0 Å². The number of ether oxygens (including phenoxy) is 2. The van der Waals surface area contributed by atoms with E-state index >= 15 is 0 Å². The molecule has 25 heavy (non-hydrogen) atoms. The molecule has 0 radical (unpaired) electrons. The molecule has 0 saturated heterocycles. The Morgan fingerprint density at radius 2 is 2.08 bits per heavy atom. The first-order valence-electron chi connectivity index (χ1n) is 8.11. The van der Waals surface area contributed by atoms with Crippen LogP contribution in [-0.4, -0.2) is 25.3 Å². The number of hydrogen-bond donors (Lipinski definition) is 0. The number of methoxy groups -OCH3 is 1. The molecule has 5 heteroatoms. The lowest BCUT2D eigenvalue weighted by Gasteiger charge is -2.14. The van der Waals surface area contributed by atoms with Gasteiger partial charge in [-0.1, -0.05) is 18.2 Å². The van der Waals surface area contributed by atoms with Crippen LogP contribution in [0.3, 0.4) is 0 Å². The molecule has 5 nitrogen and oxygen atoms in total. The van der Waals surface area contributed by atoms with Gasteiger partial charge < -0.3 is 13.9 Å². The van der Waals surface area contributed by atoms with Crippen LogP contribution in [0.5, 0.6) is 5.75 Å². The van der Waals surface area contributed by atoms with E-state index in [1.165, 1.54) is 0 Å². The molecule has 0 aliphatic carbocycles. The van der Waals surface area contributed by atoms with E-state index in [4.69, 9.17) is 13.9 Å². The summed E-state index contributed by atoms with van der Waals surface area (Å²) < 4.78 is 16.9. The second kappa shape index (κ2) is 6.53. The average molecular weight is 335 g/mol. The molecule has 126 valence electrons. The van der Waals surface area contributed by atoms with Crippen molar-refractivity contribution < 1.29 is 13.9 Å². The van der Waals surface area contributed by atoms with Crippen LogP contribution in [0, 0.1) is 0 Å². The predicted octanol–water partition coefficient (Wildman–Crippen LogP) is 3.67. The molecule has 2 aromatic heterocycles. The van der Waals surface area contributed by atoms with Crippen LogP contribution in [0.15, 0.2) is 57.9 Å². The molecule has 0 N–H and O–H groups in total. The van der Waals surface area contributed by atoms with Gasteiger partial charge in [0, 0.05) is 17.8 Å². The third-order valence-corrected chi connectivity index (χ3v) is 4.29. The summed E-state index contributed by atoms with van der Waals surface area (Å²) in [4.78, 5) is 17.1. The van der Waals surface area contributed by atoms with Crippen molar-refractivity contribution in [3.05, 3.63) is 64.7 Å². The average Bonchev–Trinajstić information content (AvgIpc) is 2.68. The molecule has 3 heterocycles. The summed E-state index contributed by atoms with van der Waals surface area (Å²) in [5.74, 6) is 1.26. The van der Waals surface area contributed by atoms with Gasteiger partial charge in [-0.15, -0.1) is 0 Å². The highest BCUT2D eigenvalue weighted by Crippen LogP contribution is 2.33. The van der Waals surface area contributed by atoms with E-state index in [0.29, 0.717) is 41.4 Å². The van der Waals surface area contributed by atoms with Crippen LogP contribution in [0.1, 0.15) is 12.2 Å². The van der Waals surface area contributed by atoms with E-state index in [9.17, 15) is 4.79 Å². The van der Waals surface area contributed by atoms with Crippen LogP contribution in [0.25, 0.3) is 27.8 Å². The lowest BCUT2D eigenvalue weighted by molar-refractivity contribution is 0.161. The van der Waals surface area contributed by atoms with Crippen molar-refractivity contribution in [2.24, 2.45) is 0 Å². The van der Waals surface area contributed by atoms with Crippen molar-refractivity contribution in [3.8, 4) is 17.0 Å². The molecule has 0 bridgehead atoms. The maximum atomic E-state index is 12.6. The zero-order chi connectivity index (χ0) is 17.2. The van der Waals surface area contributed by atoms with Gasteiger partial charge in [-0.3, -0.25) is 9.78 Å². The second-order valence-electron chi connectivity index (χ2n) is 5.77. The van der Waals surface area contributed by atoms with Gasteiger partial charge in [-0.25, -0.2) is 0 Å². The highest BCUT2D eigenvalue weighted by molar-refractivity contribution is 5.91. The normalized spacial score (nSPS) is 14.4. The van der Waals surface area contributed by atoms with Crippen molar-refractivity contribution >= 4 is 16.5 Å². The summed E-state index contributed by atoms with van der Waals surface area (Å²) in [5, 5.41) is 0.507. The minimum atomic E-state index is -0.0813. The van der Waals surface area contributed by atoms with Gasteiger partial charge in [0.25, 0.3) is 0 Å². The number of pyridine rings is 1. The number of hydrogen-bond acceptors (Lipinski definition) is 5. The van der Waals surface area contributed by atoms with Gasteiger partial charge in [0.1, 0.15) is 17.2 Å². The number of rotatable bonds is 3. The third-order valence-electron chi connectivity index (χ3n) is 4.29. The number of benzene rings is 1. The van der Waals surface area contributed by atoms with Gasteiger partial charge >= 0.3 is 0 Å². The SMILES string of the molecule is COc1ccccc1-c1nccc2c(=O)cc(C3=CCOCC3)oc12. The fourth-order valence-electron chi connectivity index (χ4n) is 3.02. The van der Waals surface area contributed by atoms with Gasteiger partial charge in [0.2, 0.25) is 0 Å². The lowest BCUT2D eigenvalue weighted by Crippen LogP contribution is -2.08. The van der Waals surface area contributed by atoms with Gasteiger partial charge in [-0.2, -0.15) is 0 Å². The maximum absolute atomic E-state index is 12.6. The maximum Gasteiger partial charge on any atom is 0.193 e. The Morgan fingerprint density at radius 1 is 1.20 bits per heavy atom. The number of fused-ring (bicyclic) bond motifs is 1. The topological polar surface area (TPSA) is 61.6 Å². The van der Waals surface area contributed by atoms with Crippen molar-refractivity contribution in [2.45, 2.75) is 6.42 Å². The van der Waals surface area contributed by atoms with Crippen LogP contribution < -0.4 is 10.2 Å². The molecule has 0 atom stereocenters. The van der Waals surface area contributed by atoms with E-state index in [1.54, 1.807) is 25.4 Å². The molecule has 0 saturated carbocycles. The van der Waals surface area contributed by atoms with Crippen LogP contribution in [0.2, 0.25) is 0 Å². The molecule has 1 aliphatic heterocycles. The Kier molecular flexibility index (Phi) is 4.07. The number of nitrogens with zero attached hydrogens (tertiary/aromatic N) is 1. The largest absolute Gasteiger partial charge is 0.496 e. The Labute approximate surface area is 144 Å². The van der Waals surface area contributed by atoms with Crippen LogP contribution in [0.4, 0.5) is 0 Å². The summed E-state index contributed by atoms with van der Waals surface area (Å²) in [6.45, 7) is 1.16. The Morgan fingerprint density at radius 3 is 2.88 bits per heavy atom. The Bertz CT molecular complexity index is 1020. The zero-order valence-corrected chi connectivity index (χ0v) is 13.8. The molecule has 4 rings (SSSR count). The van der Waals surface area contributed by atoms with Gasteiger partial charge in [0.15, 0.2) is 11.0 Å². The highest BCUT2D eigenvalue weighted by atomic mass is 16.5. The molecule has 0 amide bonds. The van der Waals surface area contributed by atoms with Crippen molar-refractivity contribution in [2.75, 3.05) is 20.3 Å². The van der Waals surface area contributed by atoms with E-state index in [1.807, 2.05) is 30.3 Å². The zero-order valence-electron chi connectivity index (χ0n) is 13.8. The third kappa shape index (κ3) is 2.83. The first-order valence-corrected chi connectivity index (χ1v) is 8.11. The fraction of sp³-hybridized carbons (Fsp3) is 0.200. The standard InChI is InChI=1S/C20H17NO4/c1-23-17-5-3-2-4-15(17)19-20-14(6-9-21-19)16(22)12-18(25-20)13-7-10-24-11-8-13/h2-7,9,12H,8,10-11H2,1H3. The first-order chi connectivity index (χ1) is 12.3. The predicted molar refractivity (Wildman–Crippen MR) is 95.7 cm³/mol. The molecule has 1 aromatic carbocycles. The molecular weight excluding hydrogens is 318 g/mol. The van der Waals surface area contributed by atoms with Crippen molar-refractivity contribution in [3.63, 3.8) is 0 Å². The monoisotopic (exact) mass is 335 g/mol. The minimum absolute atomic E-state index is 0.0813. The van der Waals surface area contributed by atoms with Gasteiger partial charge in [0.05, 0.1) is 25.7 Å². The summed E-state index contributed by atoms with van der Waals surface area (Å²) in [6.07, 6.45) is 4.29. The molecule has 1 aliphatic rings. The minimum Gasteiger partial charge on any atom is -0.496 e. The first kappa shape index (κ1) is 15.6. The van der Waals surface area contributed by atoms with E-state index in [2.05, 4.69) is 4.98 Å². The molecule has 0 unspecified atom stereocenters. The van der Waals surface area contributed by atoms with Crippen molar-refractivity contribution in [1.29, 1.82) is 0 Å². The molecule has 0 spiro atoms. The van der Waals surface area contributed by atoms with E-state index in [-0.39, 0.29) is 5.43 Å². The summed E-state index contributed by atoms with van der Waals surface area (Å²) in [7, 11) is 1.61. The summed E-state index contributed by atoms with van der Waals surface area (Å²) >= 11 is 0. The number of aromatic nitrogens is 1. The van der Waals surface area contributed by atoms with Crippen molar-refractivity contribution in [1.82, 2.24) is 4.98 Å². The Balaban J connectivity index is 1.98. The fourth-order valence-corrected chi connectivity index (χ4v) is 3.02. The van der Waals surface area contributed by atoms with Crippen LogP contribution in [-0.2, 0) is 4.74 Å². The number of para-hydroxylation sites is 1. The van der Waals surface area contributed by atoms with E-state index < -0.39 is 0 Å². The Hall–Kier alpha value is -2.92. The lowest BCUT2D eigenvalue weighted by atomic mass is 10.1. The molecule has 3 aromatic rings. The summed E-state index contributed by atoms with van der Waals surface area (Å²) in [6, 6.07) is 10.8. The van der Waals surface area contributed by atoms with E-state index in [0.717, 1.165) is 17.6 Å². The smallest absolute Gasteiger partial charge is 0.193 e. The molecule has 0 fully saturated rings.